The third-order valence-corrected chi connectivity index (χ3v) is 2.73. The van der Waals surface area contributed by atoms with E-state index in [0.29, 0.717) is 16.8 Å². The predicted octanol–water partition coefficient (Wildman–Crippen LogP) is 3.90. The van der Waals surface area contributed by atoms with Crippen molar-refractivity contribution in [3.05, 3.63) is 34.6 Å². The first-order chi connectivity index (χ1) is 6.13. The normalized spacial score (nSPS) is 12.9. The average molecular weight is 221 g/mol. The van der Waals surface area contributed by atoms with Crippen LogP contribution >= 0.6 is 23.2 Å². The van der Waals surface area contributed by atoms with Gasteiger partial charge in [0.15, 0.2) is 0 Å². The fraction of sp³-hybridized carbons (Fsp3) is 0.400. The smallest absolute Gasteiger partial charge is 0.124 e. The highest BCUT2D eigenvalue weighted by atomic mass is 35.5. The molecule has 0 amide bonds. The zero-order chi connectivity index (χ0) is 9.84. The highest BCUT2D eigenvalue weighted by Crippen LogP contribution is 2.20. The first-order valence-electron chi connectivity index (χ1n) is 4.13. The number of rotatable bonds is 3. The van der Waals surface area contributed by atoms with Crippen LogP contribution in [0.2, 0.25) is 5.02 Å². The van der Waals surface area contributed by atoms with E-state index in [4.69, 9.17) is 23.2 Å². The quantitative estimate of drug-likeness (QED) is 0.679. The van der Waals surface area contributed by atoms with E-state index in [9.17, 15) is 4.39 Å². The summed E-state index contributed by atoms with van der Waals surface area (Å²) in [6.45, 7) is 2.03. The molecule has 1 aromatic rings. The molecule has 3 heteroatoms. The number of halogens is 3. The maximum atomic E-state index is 12.7. The summed E-state index contributed by atoms with van der Waals surface area (Å²) in [7, 11) is 0. The zero-order valence-electron chi connectivity index (χ0n) is 7.36. The van der Waals surface area contributed by atoms with Crippen LogP contribution in [0.25, 0.3) is 0 Å². The molecule has 0 nitrogen and oxygen atoms in total. The van der Waals surface area contributed by atoms with Gasteiger partial charge < -0.3 is 0 Å². The van der Waals surface area contributed by atoms with Crippen molar-refractivity contribution in [3.8, 4) is 0 Å². The molecule has 1 atom stereocenters. The maximum absolute atomic E-state index is 12.7. The summed E-state index contributed by atoms with van der Waals surface area (Å²) in [6.07, 6.45) is 0.794. The van der Waals surface area contributed by atoms with E-state index in [1.54, 1.807) is 6.07 Å². The predicted molar refractivity (Wildman–Crippen MR) is 55.0 cm³/mol. The standard InChI is InChI=1S/C10H11Cl2F/c1-7(6-11)4-8-2-3-9(13)5-10(8)12/h2-3,5,7H,4,6H2,1H3. The summed E-state index contributed by atoms with van der Waals surface area (Å²) < 4.78 is 12.7. The molecule has 0 heterocycles. The highest BCUT2D eigenvalue weighted by molar-refractivity contribution is 6.31. The highest BCUT2D eigenvalue weighted by Gasteiger charge is 2.06. The van der Waals surface area contributed by atoms with Crippen molar-refractivity contribution in [1.82, 2.24) is 0 Å². The molecule has 0 bridgehead atoms. The number of hydrogen-bond donors (Lipinski definition) is 0. The van der Waals surface area contributed by atoms with Gasteiger partial charge in [0.2, 0.25) is 0 Å². The second-order valence-corrected chi connectivity index (χ2v) is 3.92. The Morgan fingerprint density at radius 1 is 1.46 bits per heavy atom. The average Bonchev–Trinajstić information content (AvgIpc) is 2.09. The minimum atomic E-state index is -0.299. The molecular formula is C10H11Cl2F. The van der Waals surface area contributed by atoms with Gasteiger partial charge in [-0.1, -0.05) is 24.6 Å². The Morgan fingerprint density at radius 2 is 2.15 bits per heavy atom. The summed E-state index contributed by atoms with van der Waals surface area (Å²) in [5.74, 6) is 0.658. The van der Waals surface area contributed by atoms with Crippen molar-refractivity contribution in [2.45, 2.75) is 13.3 Å². The number of hydrogen-bond acceptors (Lipinski definition) is 0. The molecule has 0 fully saturated rings. The third kappa shape index (κ3) is 3.17. The Labute approximate surface area is 87.7 Å². The molecule has 0 aliphatic carbocycles. The van der Waals surface area contributed by atoms with Crippen molar-refractivity contribution in [2.24, 2.45) is 5.92 Å². The SMILES string of the molecule is CC(CCl)Cc1ccc(F)cc1Cl. The summed E-state index contributed by atoms with van der Waals surface area (Å²) in [4.78, 5) is 0. The van der Waals surface area contributed by atoms with E-state index in [0.717, 1.165) is 12.0 Å². The molecule has 13 heavy (non-hydrogen) atoms. The summed E-state index contributed by atoms with van der Waals surface area (Å²) in [5, 5.41) is 0.483. The first kappa shape index (κ1) is 10.8. The maximum Gasteiger partial charge on any atom is 0.124 e. The summed E-state index contributed by atoms with van der Waals surface area (Å²) in [5.41, 5.74) is 0.955. The summed E-state index contributed by atoms with van der Waals surface area (Å²) >= 11 is 11.5. The van der Waals surface area contributed by atoms with Crippen LogP contribution in [0.3, 0.4) is 0 Å². The number of benzene rings is 1. The fourth-order valence-corrected chi connectivity index (χ4v) is 1.47. The molecular weight excluding hydrogens is 210 g/mol. The van der Waals surface area contributed by atoms with Gasteiger partial charge in [-0.2, -0.15) is 0 Å². The molecule has 0 aliphatic rings. The first-order valence-corrected chi connectivity index (χ1v) is 5.04. The van der Waals surface area contributed by atoms with E-state index in [1.807, 2.05) is 6.92 Å². The van der Waals surface area contributed by atoms with Crippen LogP contribution < -0.4 is 0 Å². The van der Waals surface area contributed by atoms with Gasteiger partial charge in [0.25, 0.3) is 0 Å². The molecule has 72 valence electrons. The zero-order valence-corrected chi connectivity index (χ0v) is 8.87. The molecule has 1 unspecified atom stereocenters. The Morgan fingerprint density at radius 3 is 2.69 bits per heavy atom. The van der Waals surface area contributed by atoms with Gasteiger partial charge >= 0.3 is 0 Å². The molecule has 0 aromatic heterocycles. The van der Waals surface area contributed by atoms with Crippen molar-refractivity contribution < 1.29 is 4.39 Å². The van der Waals surface area contributed by atoms with Crippen LogP contribution in [-0.2, 0) is 6.42 Å². The topological polar surface area (TPSA) is 0 Å². The lowest BCUT2D eigenvalue weighted by Crippen LogP contribution is -2.01. The van der Waals surface area contributed by atoms with Gasteiger partial charge in [0, 0.05) is 10.9 Å². The van der Waals surface area contributed by atoms with Gasteiger partial charge in [-0.25, -0.2) is 4.39 Å². The monoisotopic (exact) mass is 220 g/mol. The van der Waals surface area contributed by atoms with Gasteiger partial charge in [-0.15, -0.1) is 11.6 Å². The fourth-order valence-electron chi connectivity index (χ4n) is 1.12. The minimum Gasteiger partial charge on any atom is -0.207 e. The second-order valence-electron chi connectivity index (χ2n) is 3.20. The molecule has 1 aromatic carbocycles. The van der Waals surface area contributed by atoms with Crippen molar-refractivity contribution in [3.63, 3.8) is 0 Å². The van der Waals surface area contributed by atoms with Gasteiger partial charge in [-0.05, 0) is 30.0 Å². The van der Waals surface area contributed by atoms with E-state index >= 15 is 0 Å². The van der Waals surface area contributed by atoms with Crippen molar-refractivity contribution in [2.75, 3.05) is 5.88 Å². The minimum absolute atomic E-state index is 0.299. The van der Waals surface area contributed by atoms with Crippen LogP contribution in [0.15, 0.2) is 18.2 Å². The lowest BCUT2D eigenvalue weighted by atomic mass is 10.0. The molecule has 0 saturated heterocycles. The lowest BCUT2D eigenvalue weighted by Gasteiger charge is -2.08. The molecule has 0 aliphatic heterocycles. The Kier molecular flexibility index (Phi) is 4.01. The molecule has 1 rings (SSSR count). The van der Waals surface area contributed by atoms with E-state index < -0.39 is 0 Å². The molecule has 0 saturated carbocycles. The third-order valence-electron chi connectivity index (χ3n) is 1.85. The Balaban J connectivity index is 2.77. The molecule has 0 N–H and O–H groups in total. The van der Waals surface area contributed by atoms with Crippen LogP contribution in [-0.4, -0.2) is 5.88 Å². The van der Waals surface area contributed by atoms with Crippen molar-refractivity contribution in [1.29, 1.82) is 0 Å². The van der Waals surface area contributed by atoms with Crippen LogP contribution in [0.4, 0.5) is 4.39 Å². The lowest BCUT2D eigenvalue weighted by molar-refractivity contribution is 0.622. The Bertz CT molecular complexity index is 286. The second kappa shape index (κ2) is 4.83. The Hall–Kier alpha value is -0.270. The number of alkyl halides is 1. The van der Waals surface area contributed by atoms with Gasteiger partial charge in [0.1, 0.15) is 5.82 Å². The van der Waals surface area contributed by atoms with E-state index in [-0.39, 0.29) is 5.82 Å². The van der Waals surface area contributed by atoms with Crippen molar-refractivity contribution >= 4 is 23.2 Å². The van der Waals surface area contributed by atoms with Gasteiger partial charge in [-0.3, -0.25) is 0 Å². The van der Waals surface area contributed by atoms with E-state index in [1.165, 1.54) is 12.1 Å². The van der Waals surface area contributed by atoms with Crippen LogP contribution in [0.1, 0.15) is 12.5 Å². The molecule has 0 radical (unpaired) electrons. The van der Waals surface area contributed by atoms with Crippen LogP contribution in [0.5, 0.6) is 0 Å². The largest absolute Gasteiger partial charge is 0.207 e. The van der Waals surface area contributed by atoms with Crippen LogP contribution in [0, 0.1) is 11.7 Å². The molecule has 0 spiro atoms. The van der Waals surface area contributed by atoms with Gasteiger partial charge in [0.05, 0.1) is 0 Å². The summed E-state index contributed by atoms with van der Waals surface area (Å²) in [6, 6.07) is 4.46. The van der Waals surface area contributed by atoms with E-state index in [2.05, 4.69) is 0 Å².